The van der Waals surface area contributed by atoms with Gasteiger partial charge in [0.2, 0.25) is 0 Å². The van der Waals surface area contributed by atoms with E-state index in [-0.39, 0.29) is 0 Å². The van der Waals surface area contributed by atoms with Gasteiger partial charge in [-0.25, -0.2) is 0 Å². The van der Waals surface area contributed by atoms with E-state index in [4.69, 9.17) is 0 Å². The minimum absolute atomic E-state index is 0.922. The van der Waals surface area contributed by atoms with E-state index in [2.05, 4.69) is 39.6 Å². The molecule has 0 radical (unpaired) electrons. The minimum Gasteiger partial charge on any atom is -0.356 e. The molecule has 1 aliphatic rings. The number of likely N-dealkylation sites (tertiary alicyclic amines) is 1. The molecule has 20 heavy (non-hydrogen) atoms. The van der Waals surface area contributed by atoms with Crippen LogP contribution in [0.15, 0.2) is 17.1 Å². The summed E-state index contributed by atoms with van der Waals surface area (Å²) in [7, 11) is 1.83. The molecule has 0 aromatic carbocycles. The Kier molecular flexibility index (Phi) is 10.0. The molecule has 0 atom stereocenters. The molecule has 1 heterocycles. The smallest absolute Gasteiger partial charge is 0.190 e. The molecule has 1 saturated heterocycles. The summed E-state index contributed by atoms with van der Waals surface area (Å²) in [5.41, 5.74) is 0. The molecule has 4 nitrogen and oxygen atoms in total. The number of nitrogens with one attached hydrogen (secondary N) is 2. The lowest BCUT2D eigenvalue weighted by Crippen LogP contribution is -2.39. The maximum atomic E-state index is 4.24. The zero-order valence-electron chi connectivity index (χ0n) is 13.3. The van der Waals surface area contributed by atoms with Crippen LogP contribution in [0.25, 0.3) is 0 Å². The van der Waals surface area contributed by atoms with E-state index in [0.717, 1.165) is 25.5 Å². The highest BCUT2D eigenvalue weighted by Crippen LogP contribution is 2.09. The van der Waals surface area contributed by atoms with Gasteiger partial charge in [0.05, 0.1) is 0 Å². The third kappa shape index (κ3) is 8.20. The molecule has 0 aromatic rings. The lowest BCUT2D eigenvalue weighted by atomic mass is 10.2. The highest BCUT2D eigenvalue weighted by Gasteiger charge is 2.07. The summed E-state index contributed by atoms with van der Waals surface area (Å²) in [5.74, 6) is 0.922. The van der Waals surface area contributed by atoms with E-state index in [0.29, 0.717) is 0 Å². The molecule has 116 valence electrons. The first-order valence-electron chi connectivity index (χ1n) is 8.15. The van der Waals surface area contributed by atoms with Crippen LogP contribution in [0.5, 0.6) is 0 Å². The second-order valence-electron chi connectivity index (χ2n) is 5.39. The molecule has 0 amide bonds. The highest BCUT2D eigenvalue weighted by atomic mass is 15.2. The first kappa shape index (κ1) is 17.0. The van der Waals surface area contributed by atoms with Crippen molar-refractivity contribution in [1.82, 2.24) is 15.5 Å². The highest BCUT2D eigenvalue weighted by molar-refractivity contribution is 5.79. The fourth-order valence-corrected chi connectivity index (χ4v) is 2.53. The van der Waals surface area contributed by atoms with Gasteiger partial charge in [0.25, 0.3) is 0 Å². The summed E-state index contributed by atoms with van der Waals surface area (Å²) in [6.45, 7) is 7.78. The molecule has 4 heteroatoms. The van der Waals surface area contributed by atoms with Gasteiger partial charge in [0.1, 0.15) is 0 Å². The van der Waals surface area contributed by atoms with Crippen molar-refractivity contribution in [3.63, 3.8) is 0 Å². The van der Waals surface area contributed by atoms with E-state index >= 15 is 0 Å². The van der Waals surface area contributed by atoms with Gasteiger partial charge in [-0.1, -0.05) is 25.0 Å². The van der Waals surface area contributed by atoms with E-state index in [1.807, 2.05) is 7.05 Å². The van der Waals surface area contributed by atoms with Gasteiger partial charge in [-0.15, -0.1) is 0 Å². The third-order valence-corrected chi connectivity index (χ3v) is 3.71. The zero-order valence-corrected chi connectivity index (χ0v) is 13.3. The molecular formula is C16H32N4. The van der Waals surface area contributed by atoms with E-state index < -0.39 is 0 Å². The van der Waals surface area contributed by atoms with Crippen molar-refractivity contribution in [2.24, 2.45) is 4.99 Å². The Morgan fingerprint density at radius 3 is 2.45 bits per heavy atom. The average molecular weight is 280 g/mol. The summed E-state index contributed by atoms with van der Waals surface area (Å²) in [6.07, 6.45) is 12.1. The molecule has 0 spiro atoms. The van der Waals surface area contributed by atoms with Crippen LogP contribution in [0.2, 0.25) is 0 Å². The molecular weight excluding hydrogens is 248 g/mol. The number of hydrogen-bond acceptors (Lipinski definition) is 2. The lowest BCUT2D eigenvalue weighted by Gasteiger charge is -2.20. The number of aliphatic imine (C=N–C) groups is 1. The summed E-state index contributed by atoms with van der Waals surface area (Å²) in [5, 5.41) is 6.72. The fraction of sp³-hybridized carbons (Fsp3) is 0.812. The summed E-state index contributed by atoms with van der Waals surface area (Å²) >= 11 is 0. The number of allylic oxidation sites excluding steroid dienone is 1. The predicted octanol–water partition coefficient (Wildman–Crippen LogP) is 2.38. The number of hydrogen-bond donors (Lipinski definition) is 2. The van der Waals surface area contributed by atoms with Crippen LogP contribution in [0, 0.1) is 0 Å². The van der Waals surface area contributed by atoms with Crippen molar-refractivity contribution in [3.05, 3.63) is 12.2 Å². The van der Waals surface area contributed by atoms with Crippen molar-refractivity contribution in [2.45, 2.75) is 45.4 Å². The molecule has 0 saturated carbocycles. The van der Waals surface area contributed by atoms with Crippen molar-refractivity contribution >= 4 is 5.96 Å². The second kappa shape index (κ2) is 11.8. The largest absolute Gasteiger partial charge is 0.356 e. The van der Waals surface area contributed by atoms with E-state index in [9.17, 15) is 0 Å². The van der Waals surface area contributed by atoms with Crippen LogP contribution in [-0.4, -0.2) is 50.6 Å². The van der Waals surface area contributed by atoms with Crippen molar-refractivity contribution in [3.8, 4) is 0 Å². The average Bonchev–Trinajstić information content (AvgIpc) is 2.74. The number of rotatable bonds is 7. The van der Waals surface area contributed by atoms with E-state index in [1.165, 1.54) is 51.7 Å². The Morgan fingerprint density at radius 1 is 1.10 bits per heavy atom. The zero-order chi connectivity index (χ0) is 14.5. The van der Waals surface area contributed by atoms with Crippen LogP contribution in [0.4, 0.5) is 0 Å². The van der Waals surface area contributed by atoms with Crippen LogP contribution in [0.3, 0.4) is 0 Å². The van der Waals surface area contributed by atoms with Crippen molar-refractivity contribution < 1.29 is 0 Å². The monoisotopic (exact) mass is 280 g/mol. The number of nitrogens with zero attached hydrogens (tertiary/aromatic N) is 2. The Bertz CT molecular complexity index is 278. The summed E-state index contributed by atoms with van der Waals surface area (Å²) in [4.78, 5) is 6.85. The van der Waals surface area contributed by atoms with Crippen LogP contribution >= 0.6 is 0 Å². The lowest BCUT2D eigenvalue weighted by molar-refractivity contribution is 0.282. The van der Waals surface area contributed by atoms with Gasteiger partial charge in [-0.2, -0.15) is 0 Å². The van der Waals surface area contributed by atoms with Crippen molar-refractivity contribution in [2.75, 3.05) is 39.8 Å². The number of guanidine groups is 1. The topological polar surface area (TPSA) is 39.7 Å². The molecule has 0 bridgehead atoms. The quantitative estimate of drug-likeness (QED) is 0.325. The summed E-state index contributed by atoms with van der Waals surface area (Å²) < 4.78 is 0. The standard InChI is InChI=1S/C16H32N4/c1-3-4-7-11-18-16(17-2)19-12-10-15-20-13-8-5-6-9-14-20/h3-4H,5-15H2,1-2H3,(H2,17,18,19). The van der Waals surface area contributed by atoms with Crippen LogP contribution < -0.4 is 10.6 Å². The molecule has 0 unspecified atom stereocenters. The van der Waals surface area contributed by atoms with Crippen LogP contribution in [0.1, 0.15) is 45.4 Å². The minimum atomic E-state index is 0.922. The maximum absolute atomic E-state index is 4.24. The summed E-state index contributed by atoms with van der Waals surface area (Å²) in [6, 6.07) is 0. The first-order valence-corrected chi connectivity index (χ1v) is 8.15. The third-order valence-electron chi connectivity index (χ3n) is 3.71. The molecule has 0 aromatic heterocycles. The predicted molar refractivity (Wildman–Crippen MR) is 88.3 cm³/mol. The molecule has 0 aliphatic carbocycles. The Morgan fingerprint density at radius 2 is 1.80 bits per heavy atom. The second-order valence-corrected chi connectivity index (χ2v) is 5.39. The SMILES string of the molecule is CC=CCCNC(=NC)NCCCN1CCCCCC1. The van der Waals surface area contributed by atoms with Crippen molar-refractivity contribution in [1.29, 1.82) is 0 Å². The molecule has 1 fully saturated rings. The van der Waals surface area contributed by atoms with Crippen LogP contribution in [-0.2, 0) is 0 Å². The Hall–Kier alpha value is -1.03. The maximum Gasteiger partial charge on any atom is 0.190 e. The molecule has 1 rings (SSSR count). The molecule has 1 aliphatic heterocycles. The van der Waals surface area contributed by atoms with Gasteiger partial charge >= 0.3 is 0 Å². The van der Waals surface area contributed by atoms with Gasteiger partial charge in [-0.05, 0) is 52.2 Å². The fourth-order valence-electron chi connectivity index (χ4n) is 2.53. The van der Waals surface area contributed by atoms with Gasteiger partial charge in [0.15, 0.2) is 5.96 Å². The van der Waals surface area contributed by atoms with E-state index in [1.54, 1.807) is 0 Å². The van der Waals surface area contributed by atoms with Gasteiger partial charge in [0, 0.05) is 20.1 Å². The normalized spacial score (nSPS) is 18.2. The van der Waals surface area contributed by atoms with Gasteiger partial charge < -0.3 is 15.5 Å². The first-order chi connectivity index (χ1) is 9.86. The Balaban J connectivity index is 2.05. The molecule has 2 N–H and O–H groups in total. The Labute approximate surface area is 124 Å². The van der Waals surface area contributed by atoms with Gasteiger partial charge in [-0.3, -0.25) is 4.99 Å².